The van der Waals surface area contributed by atoms with Crippen LogP contribution in [0.3, 0.4) is 0 Å². The monoisotopic (exact) mass is 222 g/mol. The first-order valence-electron chi connectivity index (χ1n) is 6.50. The van der Waals surface area contributed by atoms with Gasteiger partial charge in [0.2, 0.25) is 0 Å². The lowest BCUT2D eigenvalue weighted by Gasteiger charge is -2.42. The number of nitrogens with two attached hydrogens (primary N) is 1. The molecular formula is C14H26N2. The van der Waals surface area contributed by atoms with Gasteiger partial charge in [-0.2, -0.15) is 0 Å². The van der Waals surface area contributed by atoms with Gasteiger partial charge < -0.3 is 5.73 Å². The van der Waals surface area contributed by atoms with Gasteiger partial charge in [-0.3, -0.25) is 4.90 Å². The van der Waals surface area contributed by atoms with Crippen LogP contribution in [0.4, 0.5) is 0 Å². The first kappa shape index (κ1) is 13.5. The lowest BCUT2D eigenvalue weighted by molar-refractivity contribution is 0.180. The van der Waals surface area contributed by atoms with Crippen LogP contribution in [0.1, 0.15) is 40.5 Å². The number of rotatable bonds is 5. The number of hydrogen-bond acceptors (Lipinski definition) is 2. The highest BCUT2D eigenvalue weighted by molar-refractivity contribution is 5.33. The molecule has 0 saturated carbocycles. The summed E-state index contributed by atoms with van der Waals surface area (Å²) in [6, 6.07) is 0. The zero-order valence-electron chi connectivity index (χ0n) is 11.2. The molecule has 0 spiro atoms. The molecule has 0 radical (unpaired) electrons. The fourth-order valence-corrected chi connectivity index (χ4v) is 2.43. The molecule has 92 valence electrons. The standard InChI is InChI=1S/C14H26N2/c1-5-13(15)9-11-14(6-2,12-10-13)16(7-3)8-4/h9-12H,5-8,15H2,1-4H3. The molecule has 0 aromatic rings. The third kappa shape index (κ3) is 2.38. The van der Waals surface area contributed by atoms with E-state index in [1.807, 2.05) is 0 Å². The molecule has 2 nitrogen and oxygen atoms in total. The Morgan fingerprint density at radius 1 is 0.875 bits per heavy atom. The van der Waals surface area contributed by atoms with Crippen molar-refractivity contribution in [3.63, 3.8) is 0 Å². The second-order valence-corrected chi connectivity index (χ2v) is 4.65. The van der Waals surface area contributed by atoms with Crippen molar-refractivity contribution in [1.29, 1.82) is 0 Å². The summed E-state index contributed by atoms with van der Waals surface area (Å²) >= 11 is 0. The molecular weight excluding hydrogens is 196 g/mol. The van der Waals surface area contributed by atoms with Crippen LogP contribution in [0.25, 0.3) is 0 Å². The summed E-state index contributed by atoms with van der Waals surface area (Å²) in [7, 11) is 0. The van der Waals surface area contributed by atoms with Crippen LogP contribution in [0.5, 0.6) is 0 Å². The molecule has 2 heteroatoms. The van der Waals surface area contributed by atoms with Gasteiger partial charge in [0.15, 0.2) is 0 Å². The molecule has 2 N–H and O–H groups in total. The zero-order valence-corrected chi connectivity index (χ0v) is 11.2. The summed E-state index contributed by atoms with van der Waals surface area (Å²) in [6.07, 6.45) is 11.0. The topological polar surface area (TPSA) is 29.3 Å². The van der Waals surface area contributed by atoms with E-state index in [1.165, 1.54) is 0 Å². The van der Waals surface area contributed by atoms with Crippen molar-refractivity contribution in [2.24, 2.45) is 5.73 Å². The molecule has 0 aromatic carbocycles. The van der Waals surface area contributed by atoms with Crippen LogP contribution in [0, 0.1) is 0 Å². The molecule has 1 rings (SSSR count). The van der Waals surface area contributed by atoms with E-state index in [-0.39, 0.29) is 11.1 Å². The highest BCUT2D eigenvalue weighted by atomic mass is 15.2. The molecule has 0 saturated heterocycles. The number of nitrogens with zero attached hydrogens (tertiary/aromatic N) is 1. The minimum Gasteiger partial charge on any atom is -0.319 e. The molecule has 0 bridgehead atoms. The number of likely N-dealkylation sites (N-methyl/N-ethyl adjacent to an activating group) is 1. The van der Waals surface area contributed by atoms with E-state index in [9.17, 15) is 0 Å². The predicted molar refractivity (Wildman–Crippen MR) is 71.4 cm³/mol. The second kappa shape index (κ2) is 5.15. The van der Waals surface area contributed by atoms with Crippen molar-refractivity contribution in [1.82, 2.24) is 4.90 Å². The maximum Gasteiger partial charge on any atom is 0.0573 e. The van der Waals surface area contributed by atoms with Gasteiger partial charge in [-0.25, -0.2) is 0 Å². The lowest BCUT2D eigenvalue weighted by Crippen LogP contribution is -2.49. The highest BCUT2D eigenvalue weighted by Gasteiger charge is 2.32. The Morgan fingerprint density at radius 2 is 1.38 bits per heavy atom. The van der Waals surface area contributed by atoms with Gasteiger partial charge in [-0.15, -0.1) is 0 Å². The largest absolute Gasteiger partial charge is 0.319 e. The van der Waals surface area contributed by atoms with Gasteiger partial charge in [0, 0.05) is 0 Å². The van der Waals surface area contributed by atoms with Crippen molar-refractivity contribution in [2.75, 3.05) is 13.1 Å². The van der Waals surface area contributed by atoms with Crippen LogP contribution in [0.2, 0.25) is 0 Å². The van der Waals surface area contributed by atoms with Gasteiger partial charge >= 0.3 is 0 Å². The van der Waals surface area contributed by atoms with Gasteiger partial charge in [0.05, 0.1) is 11.1 Å². The van der Waals surface area contributed by atoms with Crippen LogP contribution in [0.15, 0.2) is 24.3 Å². The van der Waals surface area contributed by atoms with Crippen molar-refractivity contribution in [3.05, 3.63) is 24.3 Å². The van der Waals surface area contributed by atoms with E-state index < -0.39 is 0 Å². The fraction of sp³-hybridized carbons (Fsp3) is 0.714. The maximum atomic E-state index is 6.23. The SMILES string of the molecule is CCN(CC)C1(CC)C=CC(N)(CC)C=C1. The smallest absolute Gasteiger partial charge is 0.0573 e. The molecule has 1 aliphatic carbocycles. The molecule has 0 aliphatic heterocycles. The second-order valence-electron chi connectivity index (χ2n) is 4.65. The molecule has 0 heterocycles. The first-order valence-corrected chi connectivity index (χ1v) is 6.50. The van der Waals surface area contributed by atoms with E-state index in [1.54, 1.807) is 0 Å². The molecule has 1 aliphatic rings. The Morgan fingerprint density at radius 3 is 1.69 bits per heavy atom. The van der Waals surface area contributed by atoms with Gasteiger partial charge in [-0.1, -0.05) is 52.0 Å². The van der Waals surface area contributed by atoms with Crippen molar-refractivity contribution < 1.29 is 0 Å². The van der Waals surface area contributed by atoms with E-state index in [0.717, 1.165) is 25.9 Å². The van der Waals surface area contributed by atoms with E-state index in [0.29, 0.717) is 0 Å². The third-order valence-corrected chi connectivity index (χ3v) is 3.90. The normalized spacial score (nSPS) is 33.6. The summed E-state index contributed by atoms with van der Waals surface area (Å²) < 4.78 is 0. The summed E-state index contributed by atoms with van der Waals surface area (Å²) in [4.78, 5) is 2.48. The molecule has 0 amide bonds. The molecule has 16 heavy (non-hydrogen) atoms. The zero-order chi connectivity index (χ0) is 12.2. The first-order chi connectivity index (χ1) is 7.55. The van der Waals surface area contributed by atoms with Crippen LogP contribution in [-0.2, 0) is 0 Å². The van der Waals surface area contributed by atoms with Crippen molar-refractivity contribution >= 4 is 0 Å². The van der Waals surface area contributed by atoms with Gasteiger partial charge in [0.25, 0.3) is 0 Å². The van der Waals surface area contributed by atoms with Crippen molar-refractivity contribution in [3.8, 4) is 0 Å². The minimum atomic E-state index is -0.230. The van der Waals surface area contributed by atoms with E-state index in [4.69, 9.17) is 5.73 Å². The predicted octanol–water partition coefficient (Wildman–Crippen LogP) is 2.71. The Balaban J connectivity index is 2.95. The fourth-order valence-electron chi connectivity index (χ4n) is 2.43. The van der Waals surface area contributed by atoms with E-state index >= 15 is 0 Å². The third-order valence-electron chi connectivity index (χ3n) is 3.90. The molecule has 0 fully saturated rings. The summed E-state index contributed by atoms with van der Waals surface area (Å²) in [6.45, 7) is 10.9. The Bertz CT molecular complexity index is 260. The number of hydrogen-bond donors (Lipinski definition) is 1. The summed E-state index contributed by atoms with van der Waals surface area (Å²) in [5, 5.41) is 0. The summed E-state index contributed by atoms with van der Waals surface area (Å²) in [5.74, 6) is 0. The Labute approximate surface area is 100 Å². The van der Waals surface area contributed by atoms with Crippen LogP contribution >= 0.6 is 0 Å². The van der Waals surface area contributed by atoms with Crippen LogP contribution < -0.4 is 5.73 Å². The molecule has 0 unspecified atom stereocenters. The van der Waals surface area contributed by atoms with Gasteiger partial charge in [-0.05, 0) is 25.9 Å². The average molecular weight is 222 g/mol. The minimum absolute atomic E-state index is 0.0849. The average Bonchev–Trinajstić information content (AvgIpc) is 2.33. The van der Waals surface area contributed by atoms with Crippen LogP contribution in [-0.4, -0.2) is 29.1 Å². The highest BCUT2D eigenvalue weighted by Crippen LogP contribution is 2.30. The van der Waals surface area contributed by atoms with E-state index in [2.05, 4.69) is 56.9 Å². The molecule has 0 atom stereocenters. The van der Waals surface area contributed by atoms with Crippen molar-refractivity contribution in [2.45, 2.75) is 51.6 Å². The quantitative estimate of drug-likeness (QED) is 0.725. The van der Waals surface area contributed by atoms with Gasteiger partial charge in [0.1, 0.15) is 0 Å². The summed E-state index contributed by atoms with van der Waals surface area (Å²) in [5.41, 5.74) is 6.08. The maximum absolute atomic E-state index is 6.23. The Hall–Kier alpha value is -0.600. The molecule has 0 aromatic heterocycles. The Kier molecular flexibility index (Phi) is 4.34. The lowest BCUT2D eigenvalue weighted by atomic mass is 9.81.